The summed E-state index contributed by atoms with van der Waals surface area (Å²) in [6.07, 6.45) is 1.16. The molecule has 120 valence electrons. The number of anilines is 1. The lowest BCUT2D eigenvalue weighted by molar-refractivity contribution is 0.177. The summed E-state index contributed by atoms with van der Waals surface area (Å²) >= 11 is 0. The van der Waals surface area contributed by atoms with Crippen molar-refractivity contribution in [2.75, 3.05) is 17.8 Å². The van der Waals surface area contributed by atoms with Crippen LogP contribution in [-0.4, -0.2) is 27.6 Å². The topological polar surface area (TPSA) is 67.4 Å². The second-order valence-electron chi connectivity index (χ2n) is 5.93. The molecule has 2 heterocycles. The van der Waals surface area contributed by atoms with Crippen LogP contribution in [0.15, 0.2) is 53.4 Å². The van der Waals surface area contributed by atoms with Crippen LogP contribution >= 0.6 is 0 Å². The molecule has 2 aromatic carbocycles. The van der Waals surface area contributed by atoms with Crippen molar-refractivity contribution in [2.24, 2.45) is 0 Å². The van der Waals surface area contributed by atoms with E-state index in [1.165, 1.54) is 0 Å². The first-order valence-corrected chi connectivity index (χ1v) is 9.21. The van der Waals surface area contributed by atoms with Gasteiger partial charge in [0.15, 0.2) is 0 Å². The van der Waals surface area contributed by atoms with Gasteiger partial charge in [-0.3, -0.25) is 4.72 Å². The van der Waals surface area contributed by atoms with Gasteiger partial charge in [-0.15, -0.1) is 0 Å². The second kappa shape index (κ2) is 5.54. The first-order valence-electron chi connectivity index (χ1n) is 7.73. The highest BCUT2D eigenvalue weighted by Gasteiger charge is 2.36. The molecule has 0 spiro atoms. The normalized spacial score (nSPS) is 22.8. The van der Waals surface area contributed by atoms with E-state index < -0.39 is 10.0 Å². The van der Waals surface area contributed by atoms with Gasteiger partial charge in [-0.25, -0.2) is 8.42 Å². The molecule has 0 amide bonds. The van der Waals surface area contributed by atoms with Crippen molar-refractivity contribution in [2.45, 2.75) is 23.3 Å². The van der Waals surface area contributed by atoms with Crippen LogP contribution in [-0.2, 0) is 10.0 Å². The van der Waals surface area contributed by atoms with Gasteiger partial charge in [-0.2, -0.15) is 0 Å². The number of hydrogen-bond donors (Lipinski definition) is 2. The molecule has 2 aliphatic heterocycles. The number of piperidine rings is 1. The molecule has 0 radical (unpaired) electrons. The Morgan fingerprint density at radius 2 is 1.96 bits per heavy atom. The van der Waals surface area contributed by atoms with E-state index in [1.807, 2.05) is 12.1 Å². The minimum Gasteiger partial charge on any atom is -0.488 e. The highest BCUT2D eigenvalue weighted by Crippen LogP contribution is 2.42. The fourth-order valence-corrected chi connectivity index (χ4v) is 4.37. The van der Waals surface area contributed by atoms with Gasteiger partial charge in [-0.1, -0.05) is 18.2 Å². The summed E-state index contributed by atoms with van der Waals surface area (Å²) in [6, 6.07) is 13.9. The maximum Gasteiger partial charge on any atom is 0.261 e. The highest BCUT2D eigenvalue weighted by molar-refractivity contribution is 7.92. The average Bonchev–Trinajstić information content (AvgIpc) is 2.93. The highest BCUT2D eigenvalue weighted by atomic mass is 32.2. The second-order valence-corrected chi connectivity index (χ2v) is 7.61. The van der Waals surface area contributed by atoms with Crippen molar-refractivity contribution in [3.05, 3.63) is 54.1 Å². The predicted octanol–water partition coefficient (Wildman–Crippen LogP) is 2.33. The maximum atomic E-state index is 12.4. The zero-order chi connectivity index (χ0) is 15.9. The van der Waals surface area contributed by atoms with Gasteiger partial charge in [-0.05, 0) is 43.3 Å². The molecular weight excluding hydrogens is 312 g/mol. The van der Waals surface area contributed by atoms with Crippen LogP contribution in [0.3, 0.4) is 0 Å². The molecule has 6 heteroatoms. The minimum atomic E-state index is -3.56. The molecule has 0 bridgehead atoms. The number of benzene rings is 2. The molecule has 5 nitrogen and oxygen atoms in total. The van der Waals surface area contributed by atoms with Gasteiger partial charge in [0.25, 0.3) is 10.0 Å². The Morgan fingerprint density at radius 3 is 2.78 bits per heavy atom. The van der Waals surface area contributed by atoms with Crippen LogP contribution in [0, 0.1) is 0 Å². The lowest BCUT2D eigenvalue weighted by Crippen LogP contribution is -2.39. The Hall–Kier alpha value is -2.05. The fourth-order valence-electron chi connectivity index (χ4n) is 3.30. The first kappa shape index (κ1) is 14.5. The van der Waals surface area contributed by atoms with E-state index in [2.05, 4.69) is 10.0 Å². The minimum absolute atomic E-state index is 0.153. The number of rotatable bonds is 3. The Balaban J connectivity index is 1.62. The van der Waals surface area contributed by atoms with E-state index >= 15 is 0 Å². The zero-order valence-electron chi connectivity index (χ0n) is 12.5. The number of hydrogen-bond acceptors (Lipinski definition) is 4. The Kier molecular flexibility index (Phi) is 3.50. The van der Waals surface area contributed by atoms with Crippen LogP contribution < -0.4 is 14.8 Å². The molecule has 2 N–H and O–H groups in total. The predicted molar refractivity (Wildman–Crippen MR) is 88.3 cm³/mol. The SMILES string of the molecule is O=S(=O)(Nc1ccc2c(c1)C1CCNCC1O2)c1ccccc1. The average molecular weight is 330 g/mol. The first-order chi connectivity index (χ1) is 11.1. The fraction of sp³-hybridized carbons (Fsp3) is 0.294. The molecule has 23 heavy (non-hydrogen) atoms. The van der Waals surface area contributed by atoms with Crippen LogP contribution in [0.25, 0.3) is 0 Å². The van der Waals surface area contributed by atoms with Crippen LogP contribution in [0.2, 0.25) is 0 Å². The van der Waals surface area contributed by atoms with E-state index in [9.17, 15) is 8.42 Å². The van der Waals surface area contributed by atoms with Gasteiger partial charge in [0.05, 0.1) is 4.90 Å². The van der Waals surface area contributed by atoms with Crippen LogP contribution in [0.1, 0.15) is 17.9 Å². The molecule has 2 aromatic rings. The van der Waals surface area contributed by atoms with Crippen molar-refractivity contribution >= 4 is 15.7 Å². The largest absolute Gasteiger partial charge is 0.488 e. The molecule has 0 aliphatic carbocycles. The molecule has 1 fully saturated rings. The number of ether oxygens (including phenoxy) is 1. The van der Waals surface area contributed by atoms with Gasteiger partial charge < -0.3 is 10.1 Å². The van der Waals surface area contributed by atoms with Crippen LogP contribution in [0.5, 0.6) is 5.75 Å². The molecule has 1 saturated heterocycles. The third kappa shape index (κ3) is 2.68. The summed E-state index contributed by atoms with van der Waals surface area (Å²) in [5.74, 6) is 1.21. The number of nitrogens with one attached hydrogen (secondary N) is 2. The molecule has 2 unspecified atom stereocenters. The van der Waals surface area contributed by atoms with E-state index in [0.29, 0.717) is 11.6 Å². The molecule has 0 saturated carbocycles. The number of sulfonamides is 1. The summed E-state index contributed by atoms with van der Waals surface area (Å²) < 4.78 is 33.5. The summed E-state index contributed by atoms with van der Waals surface area (Å²) in [6.45, 7) is 1.80. The molecule has 4 rings (SSSR count). The standard InChI is InChI=1S/C17H18N2O3S/c20-23(21,13-4-2-1-3-5-13)19-12-6-7-16-15(10-12)14-8-9-18-11-17(14)22-16/h1-7,10,14,17-19H,8-9,11H2. The summed E-state index contributed by atoms with van der Waals surface area (Å²) in [7, 11) is -3.56. The van der Waals surface area contributed by atoms with Crippen LogP contribution in [0.4, 0.5) is 5.69 Å². The Bertz CT molecular complexity index is 821. The summed E-state index contributed by atoms with van der Waals surface area (Å²) in [4.78, 5) is 0.261. The molecule has 0 aromatic heterocycles. The summed E-state index contributed by atoms with van der Waals surface area (Å²) in [5, 5.41) is 3.33. The monoisotopic (exact) mass is 330 g/mol. The van der Waals surface area contributed by atoms with Gasteiger partial charge in [0.2, 0.25) is 0 Å². The molecule has 2 atom stereocenters. The van der Waals surface area contributed by atoms with E-state index in [0.717, 1.165) is 30.8 Å². The van der Waals surface area contributed by atoms with Crippen molar-refractivity contribution in [3.8, 4) is 5.75 Å². The lowest BCUT2D eigenvalue weighted by atomic mass is 9.89. The van der Waals surface area contributed by atoms with E-state index in [1.54, 1.807) is 36.4 Å². The molecular formula is C17H18N2O3S. The van der Waals surface area contributed by atoms with E-state index in [-0.39, 0.29) is 11.0 Å². The van der Waals surface area contributed by atoms with Gasteiger partial charge in [0.1, 0.15) is 11.9 Å². The van der Waals surface area contributed by atoms with Crippen molar-refractivity contribution in [3.63, 3.8) is 0 Å². The quantitative estimate of drug-likeness (QED) is 0.906. The van der Waals surface area contributed by atoms with Crippen molar-refractivity contribution in [1.82, 2.24) is 5.32 Å². The third-order valence-electron chi connectivity index (χ3n) is 4.42. The smallest absolute Gasteiger partial charge is 0.261 e. The lowest BCUT2D eigenvalue weighted by Gasteiger charge is -2.24. The maximum absolute atomic E-state index is 12.4. The van der Waals surface area contributed by atoms with Crippen molar-refractivity contribution < 1.29 is 13.2 Å². The van der Waals surface area contributed by atoms with Gasteiger partial charge in [0, 0.05) is 23.7 Å². The van der Waals surface area contributed by atoms with Crippen molar-refractivity contribution in [1.29, 1.82) is 0 Å². The zero-order valence-corrected chi connectivity index (χ0v) is 13.3. The molecule has 2 aliphatic rings. The van der Waals surface area contributed by atoms with Gasteiger partial charge >= 0.3 is 0 Å². The Morgan fingerprint density at radius 1 is 1.13 bits per heavy atom. The van der Waals surface area contributed by atoms with E-state index in [4.69, 9.17) is 4.74 Å². The third-order valence-corrected chi connectivity index (χ3v) is 5.82. The Labute approximate surface area is 135 Å². The summed E-state index contributed by atoms with van der Waals surface area (Å²) in [5.41, 5.74) is 1.68. The number of fused-ring (bicyclic) bond motifs is 3.